The highest BCUT2D eigenvalue weighted by Crippen LogP contribution is 2.40. The highest BCUT2D eigenvalue weighted by molar-refractivity contribution is 7.15. The zero-order valence-electron chi connectivity index (χ0n) is 15.9. The van der Waals surface area contributed by atoms with Gasteiger partial charge in [0.15, 0.2) is 0 Å². The summed E-state index contributed by atoms with van der Waals surface area (Å²) in [6.07, 6.45) is 0.265. The van der Waals surface area contributed by atoms with Crippen molar-refractivity contribution in [1.82, 2.24) is 0 Å². The summed E-state index contributed by atoms with van der Waals surface area (Å²) in [6.45, 7) is 3.98. The fourth-order valence-electron chi connectivity index (χ4n) is 2.83. The Morgan fingerprint density at radius 1 is 1.14 bits per heavy atom. The van der Waals surface area contributed by atoms with E-state index in [4.69, 9.17) is 9.47 Å². The Morgan fingerprint density at radius 3 is 2.64 bits per heavy atom. The molecule has 0 aliphatic heterocycles. The van der Waals surface area contributed by atoms with Crippen LogP contribution in [0, 0.1) is 6.92 Å². The molecule has 3 rings (SSSR count). The number of ether oxygens (including phenoxy) is 2. The predicted octanol–water partition coefficient (Wildman–Crippen LogP) is 5.15. The van der Waals surface area contributed by atoms with Crippen LogP contribution in [-0.4, -0.2) is 25.6 Å². The first kappa shape index (κ1) is 20.1. The third-order valence-electron chi connectivity index (χ3n) is 4.08. The molecule has 0 unspecified atom stereocenters. The van der Waals surface area contributed by atoms with Crippen molar-refractivity contribution in [2.75, 3.05) is 19.0 Å². The standard InChI is InChI=1S/C21H21NO4S2/c1-4-26-21(24)19-16(15-10-13(2)7-8-17(15)25-3)12-28-20(19)22-18(23)11-14-6-5-9-27-14/h5-10,12H,4,11H2,1-3H3,(H,22,23). The minimum absolute atomic E-state index is 0.169. The van der Waals surface area contributed by atoms with E-state index in [0.29, 0.717) is 21.9 Å². The summed E-state index contributed by atoms with van der Waals surface area (Å²) in [4.78, 5) is 26.1. The van der Waals surface area contributed by atoms with Crippen molar-refractivity contribution in [2.24, 2.45) is 0 Å². The van der Waals surface area contributed by atoms with Gasteiger partial charge in [-0.05, 0) is 37.4 Å². The summed E-state index contributed by atoms with van der Waals surface area (Å²) in [5, 5.41) is 7.14. The number of methoxy groups -OCH3 is 1. The van der Waals surface area contributed by atoms with E-state index in [2.05, 4.69) is 5.32 Å². The zero-order chi connectivity index (χ0) is 20.1. The zero-order valence-corrected chi connectivity index (χ0v) is 17.5. The van der Waals surface area contributed by atoms with Gasteiger partial charge in [-0.25, -0.2) is 4.79 Å². The topological polar surface area (TPSA) is 64.6 Å². The number of carbonyl (C=O) groups is 2. The molecule has 0 fully saturated rings. The predicted molar refractivity (Wildman–Crippen MR) is 114 cm³/mol. The summed E-state index contributed by atoms with van der Waals surface area (Å²) in [6, 6.07) is 9.59. The average molecular weight is 416 g/mol. The van der Waals surface area contributed by atoms with Crippen LogP contribution in [0.25, 0.3) is 11.1 Å². The van der Waals surface area contributed by atoms with Gasteiger partial charge in [0.1, 0.15) is 16.3 Å². The molecule has 0 aliphatic carbocycles. The molecule has 3 aromatic rings. The van der Waals surface area contributed by atoms with E-state index in [0.717, 1.165) is 16.0 Å². The molecule has 2 heterocycles. The van der Waals surface area contributed by atoms with Crippen molar-refractivity contribution in [2.45, 2.75) is 20.3 Å². The number of thiophene rings is 2. The minimum Gasteiger partial charge on any atom is -0.496 e. The molecule has 1 amide bonds. The molecule has 1 N–H and O–H groups in total. The highest BCUT2D eigenvalue weighted by atomic mass is 32.1. The molecule has 0 saturated carbocycles. The van der Waals surface area contributed by atoms with Crippen LogP contribution in [0.2, 0.25) is 0 Å². The van der Waals surface area contributed by atoms with E-state index in [9.17, 15) is 9.59 Å². The van der Waals surface area contributed by atoms with Gasteiger partial charge in [-0.2, -0.15) is 0 Å². The summed E-state index contributed by atoms with van der Waals surface area (Å²) >= 11 is 2.83. The second kappa shape index (κ2) is 9.03. The van der Waals surface area contributed by atoms with Gasteiger partial charge in [-0.3, -0.25) is 4.79 Å². The average Bonchev–Trinajstić information content (AvgIpc) is 3.31. The maximum atomic E-state index is 12.7. The van der Waals surface area contributed by atoms with E-state index in [1.807, 2.05) is 48.0 Å². The van der Waals surface area contributed by atoms with Crippen LogP contribution < -0.4 is 10.1 Å². The smallest absolute Gasteiger partial charge is 0.341 e. The molecule has 0 atom stereocenters. The Balaban J connectivity index is 1.99. The van der Waals surface area contributed by atoms with Gasteiger partial charge < -0.3 is 14.8 Å². The first-order chi connectivity index (χ1) is 13.5. The molecule has 7 heteroatoms. The number of anilines is 1. The molecular formula is C21H21NO4S2. The number of esters is 1. The summed E-state index contributed by atoms with van der Waals surface area (Å²) in [5.41, 5.74) is 2.88. The Labute approximate surface area is 171 Å². The molecule has 0 saturated heterocycles. The molecule has 0 bridgehead atoms. The van der Waals surface area contributed by atoms with Crippen molar-refractivity contribution in [3.05, 3.63) is 57.1 Å². The first-order valence-electron chi connectivity index (χ1n) is 8.79. The van der Waals surface area contributed by atoms with Gasteiger partial charge in [0.2, 0.25) is 5.91 Å². The number of aryl methyl sites for hydroxylation is 1. The van der Waals surface area contributed by atoms with Gasteiger partial charge in [-0.1, -0.05) is 17.7 Å². The number of hydrogen-bond donors (Lipinski definition) is 1. The van der Waals surface area contributed by atoms with Crippen LogP contribution in [0.15, 0.2) is 41.1 Å². The summed E-state index contributed by atoms with van der Waals surface area (Å²) in [7, 11) is 1.59. The lowest BCUT2D eigenvalue weighted by atomic mass is 10.0. The molecule has 0 aliphatic rings. The fraction of sp³-hybridized carbons (Fsp3) is 0.238. The largest absolute Gasteiger partial charge is 0.496 e. The SMILES string of the molecule is CCOC(=O)c1c(-c2cc(C)ccc2OC)csc1NC(=O)Cc1cccs1. The molecule has 5 nitrogen and oxygen atoms in total. The van der Waals surface area contributed by atoms with Gasteiger partial charge in [0.25, 0.3) is 0 Å². The molecule has 28 heavy (non-hydrogen) atoms. The second-order valence-electron chi connectivity index (χ2n) is 6.08. The third-order valence-corrected chi connectivity index (χ3v) is 5.86. The van der Waals surface area contributed by atoms with E-state index < -0.39 is 5.97 Å². The van der Waals surface area contributed by atoms with Crippen molar-refractivity contribution in [3.63, 3.8) is 0 Å². The van der Waals surface area contributed by atoms with E-state index in [1.165, 1.54) is 22.7 Å². The van der Waals surface area contributed by atoms with Crippen molar-refractivity contribution in [1.29, 1.82) is 0 Å². The number of rotatable bonds is 7. The normalized spacial score (nSPS) is 10.5. The number of amides is 1. The van der Waals surface area contributed by atoms with Crippen LogP contribution in [0.4, 0.5) is 5.00 Å². The second-order valence-corrected chi connectivity index (χ2v) is 7.99. The highest BCUT2D eigenvalue weighted by Gasteiger charge is 2.24. The molecular weight excluding hydrogens is 394 g/mol. The van der Waals surface area contributed by atoms with Crippen molar-refractivity contribution in [3.8, 4) is 16.9 Å². The quantitative estimate of drug-likeness (QED) is 0.542. The van der Waals surface area contributed by atoms with Gasteiger partial charge in [0, 0.05) is 21.4 Å². The van der Waals surface area contributed by atoms with Gasteiger partial charge in [-0.15, -0.1) is 22.7 Å². The molecule has 0 radical (unpaired) electrons. The Kier molecular flexibility index (Phi) is 6.49. The lowest BCUT2D eigenvalue weighted by Gasteiger charge is -2.12. The van der Waals surface area contributed by atoms with Crippen LogP contribution in [0.1, 0.15) is 27.7 Å². The third kappa shape index (κ3) is 4.43. The van der Waals surface area contributed by atoms with Crippen LogP contribution in [0.5, 0.6) is 5.75 Å². The Bertz CT molecular complexity index is 976. The molecule has 1 aromatic carbocycles. The van der Waals surface area contributed by atoms with Crippen LogP contribution in [0.3, 0.4) is 0 Å². The summed E-state index contributed by atoms with van der Waals surface area (Å²) < 4.78 is 10.7. The van der Waals surface area contributed by atoms with Crippen molar-refractivity contribution < 1.29 is 19.1 Å². The lowest BCUT2D eigenvalue weighted by molar-refractivity contribution is -0.115. The number of benzene rings is 1. The minimum atomic E-state index is -0.464. The molecule has 0 spiro atoms. The fourth-order valence-corrected chi connectivity index (χ4v) is 4.50. The van der Waals surface area contributed by atoms with Crippen molar-refractivity contribution >= 4 is 39.6 Å². The molecule has 146 valence electrons. The first-order valence-corrected chi connectivity index (χ1v) is 10.5. The summed E-state index contributed by atoms with van der Waals surface area (Å²) in [5.74, 6) is 0.0248. The maximum Gasteiger partial charge on any atom is 0.341 e. The van der Waals surface area contributed by atoms with Crippen LogP contribution in [-0.2, 0) is 16.0 Å². The van der Waals surface area contributed by atoms with Gasteiger partial charge >= 0.3 is 5.97 Å². The Hall–Kier alpha value is -2.64. The molecule has 2 aromatic heterocycles. The van der Waals surface area contributed by atoms with E-state index in [-0.39, 0.29) is 18.9 Å². The Morgan fingerprint density at radius 2 is 1.96 bits per heavy atom. The number of hydrogen-bond acceptors (Lipinski definition) is 6. The lowest BCUT2D eigenvalue weighted by Crippen LogP contribution is -2.16. The van der Waals surface area contributed by atoms with Crippen LogP contribution >= 0.6 is 22.7 Å². The van der Waals surface area contributed by atoms with E-state index >= 15 is 0 Å². The van der Waals surface area contributed by atoms with E-state index in [1.54, 1.807) is 14.0 Å². The monoisotopic (exact) mass is 415 g/mol. The number of nitrogens with one attached hydrogen (secondary N) is 1. The van der Waals surface area contributed by atoms with Gasteiger partial charge in [0.05, 0.1) is 20.1 Å². The number of carbonyl (C=O) groups excluding carboxylic acids is 2. The maximum absolute atomic E-state index is 12.7.